The maximum atomic E-state index is 6.43. The molecule has 3 aromatic carbocycles. The largest absolute Gasteiger partial charge is 0.452 e. The van der Waals surface area contributed by atoms with E-state index in [1.54, 1.807) is 0 Å². The van der Waals surface area contributed by atoms with Crippen molar-refractivity contribution in [3.8, 4) is 0 Å². The molecule has 0 saturated carbocycles. The Morgan fingerprint density at radius 2 is 0.903 bits per heavy atom. The van der Waals surface area contributed by atoms with Crippen molar-refractivity contribution in [2.24, 2.45) is 9.98 Å². The van der Waals surface area contributed by atoms with Gasteiger partial charge in [-0.05, 0) is 63.8 Å². The zero-order chi connectivity index (χ0) is 22.1. The first-order valence-electron chi connectivity index (χ1n) is 10.6. The van der Waals surface area contributed by atoms with Crippen LogP contribution in [0.5, 0.6) is 0 Å². The Bertz CT molecular complexity index is 1200. The first-order chi connectivity index (χ1) is 14.9. The van der Waals surface area contributed by atoms with Gasteiger partial charge in [0.15, 0.2) is 11.5 Å². The Kier molecular flexibility index (Phi) is 5.60. The molecule has 0 N–H and O–H groups in total. The number of hydrogen-bond donors (Lipinski definition) is 0. The molecule has 3 heteroatoms. The van der Waals surface area contributed by atoms with Crippen molar-refractivity contribution < 1.29 is 4.42 Å². The molecular weight excluding hydrogens is 380 g/mol. The van der Waals surface area contributed by atoms with Gasteiger partial charge in [-0.2, -0.15) is 0 Å². The van der Waals surface area contributed by atoms with Crippen LogP contribution in [0, 0.1) is 27.7 Å². The van der Waals surface area contributed by atoms with Gasteiger partial charge < -0.3 is 4.42 Å². The fraction of sp³-hybridized carbons (Fsp3) is 0.214. The summed E-state index contributed by atoms with van der Waals surface area (Å²) in [6.07, 6.45) is 0. The molecule has 0 aliphatic carbocycles. The molecule has 0 aliphatic rings. The van der Waals surface area contributed by atoms with E-state index >= 15 is 0 Å². The zero-order valence-corrected chi connectivity index (χ0v) is 19.1. The summed E-state index contributed by atoms with van der Waals surface area (Å²) in [5.74, 6) is 1.59. The lowest BCUT2D eigenvalue weighted by Crippen LogP contribution is -1.95. The van der Waals surface area contributed by atoms with Crippen molar-refractivity contribution in [1.82, 2.24) is 0 Å². The molecule has 31 heavy (non-hydrogen) atoms. The van der Waals surface area contributed by atoms with Gasteiger partial charge in [-0.1, -0.05) is 60.7 Å². The predicted octanol–water partition coefficient (Wildman–Crippen LogP) is 7.95. The minimum Gasteiger partial charge on any atom is -0.452 e. The van der Waals surface area contributed by atoms with E-state index in [0.29, 0.717) is 0 Å². The highest BCUT2D eigenvalue weighted by atomic mass is 16.3. The van der Waals surface area contributed by atoms with Crippen molar-refractivity contribution >= 4 is 33.6 Å². The van der Waals surface area contributed by atoms with E-state index in [9.17, 15) is 0 Å². The standard InChI is InChI=1S/C28H28N2O/c1-17-11-9-12-18(2)25(17)29-21(5)27-23-15-7-8-16-24(23)28(31-27)22(6)30-26-19(3)13-10-14-20(26)4/h7-16H,1-6H3. The first-order valence-corrected chi connectivity index (χ1v) is 10.6. The van der Waals surface area contributed by atoms with Gasteiger partial charge >= 0.3 is 0 Å². The summed E-state index contributed by atoms with van der Waals surface area (Å²) >= 11 is 0. The molecule has 0 atom stereocenters. The number of aryl methyl sites for hydroxylation is 4. The number of rotatable bonds is 4. The second-order valence-electron chi connectivity index (χ2n) is 8.18. The van der Waals surface area contributed by atoms with Gasteiger partial charge in [0, 0.05) is 10.8 Å². The van der Waals surface area contributed by atoms with Gasteiger partial charge in [0.2, 0.25) is 0 Å². The molecule has 0 bridgehead atoms. The quantitative estimate of drug-likeness (QED) is 0.316. The van der Waals surface area contributed by atoms with Gasteiger partial charge in [0.25, 0.3) is 0 Å². The summed E-state index contributed by atoms with van der Waals surface area (Å²) in [4.78, 5) is 9.89. The molecule has 4 aromatic rings. The third-order valence-corrected chi connectivity index (χ3v) is 5.72. The fourth-order valence-corrected chi connectivity index (χ4v) is 4.03. The van der Waals surface area contributed by atoms with Gasteiger partial charge in [-0.15, -0.1) is 0 Å². The molecule has 0 unspecified atom stereocenters. The second-order valence-corrected chi connectivity index (χ2v) is 8.18. The first kappa shape index (κ1) is 20.8. The summed E-state index contributed by atoms with van der Waals surface area (Å²) in [6, 6.07) is 20.7. The highest BCUT2D eigenvalue weighted by molar-refractivity contribution is 6.15. The lowest BCUT2D eigenvalue weighted by Gasteiger charge is -2.06. The molecule has 0 radical (unpaired) electrons. The number of fused-ring (bicyclic) bond motifs is 1. The minimum absolute atomic E-state index is 0.796. The highest BCUT2D eigenvalue weighted by Gasteiger charge is 2.18. The van der Waals surface area contributed by atoms with E-state index in [0.717, 1.165) is 67.3 Å². The van der Waals surface area contributed by atoms with E-state index in [2.05, 4.69) is 76.2 Å². The van der Waals surface area contributed by atoms with Crippen LogP contribution in [0.25, 0.3) is 10.8 Å². The van der Waals surface area contributed by atoms with Gasteiger partial charge in [-0.25, -0.2) is 9.98 Å². The number of aliphatic imine (C=N–C) groups is 2. The molecule has 0 aliphatic heterocycles. The Morgan fingerprint density at radius 1 is 0.548 bits per heavy atom. The van der Waals surface area contributed by atoms with Crippen LogP contribution in [0.4, 0.5) is 11.4 Å². The Balaban J connectivity index is 1.87. The van der Waals surface area contributed by atoms with Crippen molar-refractivity contribution in [1.29, 1.82) is 0 Å². The van der Waals surface area contributed by atoms with E-state index < -0.39 is 0 Å². The van der Waals surface area contributed by atoms with E-state index in [-0.39, 0.29) is 0 Å². The molecule has 1 aromatic heterocycles. The van der Waals surface area contributed by atoms with Crippen molar-refractivity contribution in [3.05, 3.63) is 94.4 Å². The van der Waals surface area contributed by atoms with Crippen LogP contribution in [0.3, 0.4) is 0 Å². The normalized spacial score (nSPS) is 12.6. The molecular formula is C28H28N2O. The molecule has 0 amide bonds. The van der Waals surface area contributed by atoms with E-state index in [1.807, 2.05) is 26.0 Å². The third-order valence-electron chi connectivity index (χ3n) is 5.72. The summed E-state index contributed by atoms with van der Waals surface area (Å²) in [6.45, 7) is 12.4. The lowest BCUT2D eigenvalue weighted by molar-refractivity contribution is 0.553. The lowest BCUT2D eigenvalue weighted by atomic mass is 10.1. The number of nitrogens with zero attached hydrogens (tertiary/aromatic N) is 2. The molecule has 4 rings (SSSR count). The maximum Gasteiger partial charge on any atom is 0.156 e. The molecule has 3 nitrogen and oxygen atoms in total. The summed E-state index contributed by atoms with van der Waals surface area (Å²) in [5, 5.41) is 2.11. The van der Waals surface area contributed by atoms with Crippen LogP contribution in [0.15, 0.2) is 75.1 Å². The van der Waals surface area contributed by atoms with Crippen molar-refractivity contribution in [2.45, 2.75) is 41.5 Å². The minimum atomic E-state index is 0.796. The van der Waals surface area contributed by atoms with Crippen LogP contribution >= 0.6 is 0 Å². The summed E-state index contributed by atoms with van der Waals surface area (Å²) in [5.41, 5.74) is 8.35. The zero-order valence-electron chi connectivity index (χ0n) is 19.1. The fourth-order valence-electron chi connectivity index (χ4n) is 4.03. The Hall–Kier alpha value is -3.46. The SMILES string of the molecule is CC(=Nc1c(C)cccc1C)c1oc(C(C)=Nc2c(C)cccc2C)c2ccccc12. The molecule has 156 valence electrons. The van der Waals surface area contributed by atoms with Crippen LogP contribution in [0.2, 0.25) is 0 Å². The highest BCUT2D eigenvalue weighted by Crippen LogP contribution is 2.31. The average Bonchev–Trinajstić information content (AvgIpc) is 3.13. The van der Waals surface area contributed by atoms with E-state index in [4.69, 9.17) is 14.4 Å². The van der Waals surface area contributed by atoms with Gasteiger partial charge in [-0.3, -0.25) is 0 Å². The molecule has 1 heterocycles. The third kappa shape index (κ3) is 3.96. The van der Waals surface area contributed by atoms with Gasteiger partial charge in [0.1, 0.15) is 0 Å². The Labute approximate surface area is 184 Å². The van der Waals surface area contributed by atoms with Gasteiger partial charge in [0.05, 0.1) is 22.8 Å². The van der Waals surface area contributed by atoms with Crippen LogP contribution < -0.4 is 0 Å². The summed E-state index contributed by atoms with van der Waals surface area (Å²) < 4.78 is 6.43. The van der Waals surface area contributed by atoms with Crippen molar-refractivity contribution in [3.63, 3.8) is 0 Å². The predicted molar refractivity (Wildman–Crippen MR) is 132 cm³/mol. The topological polar surface area (TPSA) is 37.9 Å². The monoisotopic (exact) mass is 408 g/mol. The van der Waals surface area contributed by atoms with E-state index in [1.165, 1.54) is 0 Å². The number of benzene rings is 3. The molecule has 0 spiro atoms. The van der Waals surface area contributed by atoms with Crippen molar-refractivity contribution in [2.75, 3.05) is 0 Å². The maximum absolute atomic E-state index is 6.43. The molecule has 0 fully saturated rings. The smallest absolute Gasteiger partial charge is 0.156 e. The summed E-state index contributed by atoms with van der Waals surface area (Å²) in [7, 11) is 0. The average molecular weight is 409 g/mol. The van der Waals surface area contributed by atoms with Crippen LogP contribution in [0.1, 0.15) is 47.6 Å². The number of furan rings is 1. The Morgan fingerprint density at radius 3 is 1.26 bits per heavy atom. The molecule has 0 saturated heterocycles. The number of hydrogen-bond acceptors (Lipinski definition) is 3. The van der Waals surface area contributed by atoms with Crippen LogP contribution in [-0.4, -0.2) is 11.4 Å². The van der Waals surface area contributed by atoms with Crippen LogP contribution in [-0.2, 0) is 0 Å². The number of para-hydroxylation sites is 2. The second kappa shape index (κ2) is 8.35.